The molecule has 3 aromatic rings. The number of fused-ring (bicyclic) bond motifs is 2. The number of thiazole rings is 1. The molecule has 1 aromatic heterocycles. The van der Waals surface area contributed by atoms with Crippen molar-refractivity contribution in [2.75, 3.05) is 11.5 Å². The molecule has 1 unspecified atom stereocenters. The Morgan fingerprint density at radius 1 is 1.29 bits per heavy atom. The Balaban J connectivity index is 1.71. The maximum Gasteiger partial charge on any atom is 0.310 e. The van der Waals surface area contributed by atoms with E-state index < -0.39 is 35.4 Å². The Labute approximate surface area is 183 Å². The quantitative estimate of drug-likeness (QED) is 0.402. The number of amides is 1. The van der Waals surface area contributed by atoms with Crippen molar-refractivity contribution in [3.8, 4) is 5.75 Å². The molecule has 2 aromatic carbocycles. The highest BCUT2D eigenvalue weighted by Crippen LogP contribution is 2.38. The zero-order chi connectivity index (χ0) is 22.3. The lowest BCUT2D eigenvalue weighted by molar-refractivity contribution is -0.147. The van der Waals surface area contributed by atoms with Gasteiger partial charge >= 0.3 is 5.97 Å². The van der Waals surface area contributed by atoms with Crippen molar-refractivity contribution in [3.63, 3.8) is 0 Å². The molecule has 2 heterocycles. The number of carbonyl (C=O) groups is 2. The van der Waals surface area contributed by atoms with Gasteiger partial charge in [-0.2, -0.15) is 0 Å². The highest BCUT2D eigenvalue weighted by Gasteiger charge is 2.37. The van der Waals surface area contributed by atoms with Crippen LogP contribution in [-0.4, -0.2) is 29.6 Å². The summed E-state index contributed by atoms with van der Waals surface area (Å²) in [5.74, 6) is -5.18. The second-order valence-electron chi connectivity index (χ2n) is 6.59. The number of anilines is 1. The van der Waals surface area contributed by atoms with Crippen molar-refractivity contribution >= 4 is 50.7 Å². The number of nitrogens with zero attached hydrogens (tertiary/aromatic N) is 2. The largest absolute Gasteiger partial charge is 0.478 e. The minimum absolute atomic E-state index is 0.0986. The van der Waals surface area contributed by atoms with Gasteiger partial charge in [0.2, 0.25) is 0 Å². The summed E-state index contributed by atoms with van der Waals surface area (Å²) in [5, 5.41) is 0.568. The van der Waals surface area contributed by atoms with Crippen molar-refractivity contribution in [1.82, 2.24) is 4.98 Å². The second-order valence-corrected chi connectivity index (χ2v) is 8.14. The van der Waals surface area contributed by atoms with Crippen molar-refractivity contribution < 1.29 is 32.2 Å². The summed E-state index contributed by atoms with van der Waals surface area (Å²) < 4.78 is 51.8. The number of halogens is 4. The Hall–Kier alpha value is -2.85. The van der Waals surface area contributed by atoms with Crippen LogP contribution in [0, 0.1) is 17.5 Å². The van der Waals surface area contributed by atoms with E-state index in [0.29, 0.717) is 16.5 Å². The molecule has 4 rings (SSSR count). The third kappa shape index (κ3) is 4.05. The predicted molar refractivity (Wildman–Crippen MR) is 108 cm³/mol. The van der Waals surface area contributed by atoms with Crippen LogP contribution in [0.5, 0.6) is 5.75 Å². The van der Waals surface area contributed by atoms with E-state index in [4.69, 9.17) is 21.1 Å². The minimum atomic E-state index is -1.61. The van der Waals surface area contributed by atoms with E-state index in [1.807, 2.05) is 0 Å². The Morgan fingerprint density at radius 3 is 2.81 bits per heavy atom. The number of hydrogen-bond donors (Lipinski definition) is 0. The number of hydrogen-bond acceptors (Lipinski definition) is 6. The average Bonchev–Trinajstić information content (AvgIpc) is 3.12. The van der Waals surface area contributed by atoms with Gasteiger partial charge in [0.25, 0.3) is 5.91 Å². The number of aromatic nitrogens is 1. The molecule has 1 atom stereocenters. The Morgan fingerprint density at radius 2 is 2.06 bits per heavy atom. The van der Waals surface area contributed by atoms with Crippen LogP contribution in [0.2, 0.25) is 5.02 Å². The molecule has 0 spiro atoms. The molecule has 1 aliphatic heterocycles. The first-order chi connectivity index (χ1) is 14.8. The molecule has 0 fully saturated rings. The lowest BCUT2D eigenvalue weighted by atomic mass is 10.1. The van der Waals surface area contributed by atoms with Gasteiger partial charge in [-0.15, -0.1) is 11.3 Å². The first kappa shape index (κ1) is 21.4. The van der Waals surface area contributed by atoms with Gasteiger partial charge in [0.1, 0.15) is 16.3 Å². The summed E-state index contributed by atoms with van der Waals surface area (Å²) in [6.07, 6.45) is -1.45. The number of rotatable bonds is 5. The summed E-state index contributed by atoms with van der Waals surface area (Å²) in [7, 11) is 0. The third-order valence-corrected chi connectivity index (χ3v) is 5.76. The predicted octanol–water partition coefficient (Wildman–Crippen LogP) is 4.61. The van der Waals surface area contributed by atoms with Crippen LogP contribution >= 0.6 is 22.9 Å². The van der Waals surface area contributed by atoms with E-state index in [1.165, 1.54) is 11.0 Å². The fourth-order valence-electron chi connectivity index (χ4n) is 3.18. The Bertz CT molecular complexity index is 1200. The maximum absolute atomic E-state index is 14.1. The van der Waals surface area contributed by atoms with Gasteiger partial charge in [-0.1, -0.05) is 11.6 Å². The van der Waals surface area contributed by atoms with Crippen LogP contribution in [0.4, 0.5) is 18.9 Å². The van der Waals surface area contributed by atoms with Crippen LogP contribution in [0.3, 0.4) is 0 Å². The topological polar surface area (TPSA) is 68.7 Å². The summed E-state index contributed by atoms with van der Waals surface area (Å²) >= 11 is 6.98. The Kier molecular flexibility index (Phi) is 5.76. The molecule has 1 amide bonds. The van der Waals surface area contributed by atoms with Gasteiger partial charge in [0, 0.05) is 5.02 Å². The first-order valence-electron chi connectivity index (χ1n) is 9.14. The lowest BCUT2D eigenvalue weighted by Gasteiger charge is -2.33. The molecule has 0 aliphatic carbocycles. The molecule has 162 valence electrons. The zero-order valence-corrected chi connectivity index (χ0v) is 17.5. The summed E-state index contributed by atoms with van der Waals surface area (Å²) in [6.45, 7) is 1.65. The van der Waals surface area contributed by atoms with Crippen molar-refractivity contribution in [3.05, 3.63) is 51.7 Å². The van der Waals surface area contributed by atoms with Gasteiger partial charge in [-0.05, 0) is 31.2 Å². The molecular formula is C20H14ClF3N2O4S. The molecular weight excluding hydrogens is 457 g/mol. The van der Waals surface area contributed by atoms with Gasteiger partial charge in [0.05, 0.1) is 30.0 Å². The molecule has 0 saturated carbocycles. The van der Waals surface area contributed by atoms with Crippen molar-refractivity contribution in [1.29, 1.82) is 0 Å². The number of esters is 1. The minimum Gasteiger partial charge on any atom is -0.478 e. The van der Waals surface area contributed by atoms with Crippen molar-refractivity contribution in [2.45, 2.75) is 26.0 Å². The monoisotopic (exact) mass is 470 g/mol. The smallest absolute Gasteiger partial charge is 0.310 e. The zero-order valence-electron chi connectivity index (χ0n) is 16.0. The molecule has 0 bridgehead atoms. The van der Waals surface area contributed by atoms with Crippen LogP contribution in [-0.2, 0) is 20.9 Å². The maximum atomic E-state index is 14.1. The van der Waals surface area contributed by atoms with E-state index in [2.05, 4.69) is 4.98 Å². The van der Waals surface area contributed by atoms with E-state index in [0.717, 1.165) is 17.4 Å². The number of carbonyl (C=O) groups excluding carboxylic acids is 2. The highest BCUT2D eigenvalue weighted by molar-refractivity contribution is 7.18. The van der Waals surface area contributed by atoms with Gasteiger partial charge in [0.15, 0.2) is 23.6 Å². The fraction of sp³-hybridized carbons (Fsp3) is 0.250. The van der Waals surface area contributed by atoms with Gasteiger partial charge < -0.3 is 9.47 Å². The van der Waals surface area contributed by atoms with E-state index in [-0.39, 0.29) is 34.8 Å². The van der Waals surface area contributed by atoms with E-state index in [9.17, 15) is 22.8 Å². The van der Waals surface area contributed by atoms with Gasteiger partial charge in [-0.3, -0.25) is 14.5 Å². The number of ether oxygens (including phenoxy) is 2. The summed E-state index contributed by atoms with van der Waals surface area (Å²) in [4.78, 5) is 30.3. The second kappa shape index (κ2) is 8.35. The molecule has 0 radical (unpaired) electrons. The first-order valence-corrected chi connectivity index (χ1v) is 10.3. The molecule has 31 heavy (non-hydrogen) atoms. The normalized spacial score (nSPS) is 15.7. The number of benzene rings is 2. The van der Waals surface area contributed by atoms with E-state index >= 15 is 0 Å². The van der Waals surface area contributed by atoms with Crippen molar-refractivity contribution in [2.24, 2.45) is 0 Å². The van der Waals surface area contributed by atoms with Crippen LogP contribution in [0.1, 0.15) is 18.4 Å². The van der Waals surface area contributed by atoms with Crippen LogP contribution in [0.15, 0.2) is 24.3 Å². The summed E-state index contributed by atoms with van der Waals surface area (Å²) in [6, 6.07) is 5.47. The molecule has 0 N–H and O–H groups in total. The summed E-state index contributed by atoms with van der Waals surface area (Å²) in [5.41, 5.74) is 0.00342. The molecule has 1 aliphatic rings. The van der Waals surface area contributed by atoms with Gasteiger partial charge in [-0.25, -0.2) is 18.2 Å². The SMILES string of the molecule is CCOC(=O)CC1Oc2ccc(Cl)cc2N(Cc2nc3c(F)c(F)c(F)cc3s2)C1=O. The lowest BCUT2D eigenvalue weighted by Crippen LogP contribution is -2.46. The highest BCUT2D eigenvalue weighted by atomic mass is 35.5. The van der Waals surface area contributed by atoms with Crippen LogP contribution in [0.25, 0.3) is 10.2 Å². The molecule has 6 nitrogen and oxygen atoms in total. The standard InChI is InChI=1S/C20H14ClF3N2O4S/c1-2-29-16(27)7-13-20(28)26(11-5-9(21)3-4-12(11)30-13)8-15-25-19-14(31-15)6-10(22)17(23)18(19)24/h3-6,13H,2,7-8H2,1H3. The van der Waals surface area contributed by atoms with Crippen LogP contribution < -0.4 is 9.64 Å². The average molecular weight is 471 g/mol. The third-order valence-electron chi connectivity index (χ3n) is 4.54. The fourth-order valence-corrected chi connectivity index (χ4v) is 4.33. The molecule has 11 heteroatoms. The van der Waals surface area contributed by atoms with E-state index in [1.54, 1.807) is 19.1 Å². The molecule has 0 saturated heterocycles.